The maximum atomic E-state index is 5.06. The van der Waals surface area contributed by atoms with Crippen LogP contribution in [0.25, 0.3) is 0 Å². The third-order valence-electron chi connectivity index (χ3n) is 10.1. The average Bonchev–Trinajstić information content (AvgIpc) is 3.03. The first kappa shape index (κ1) is 42.2. The number of hydrogen-bond acceptors (Lipinski definition) is 1. The minimum atomic E-state index is 1.17. The molecule has 1 aromatic rings. The van der Waals surface area contributed by atoms with Gasteiger partial charge in [-0.05, 0) is 50.3 Å². The Morgan fingerprint density at radius 2 is 0.511 bits per heavy atom. The molecule has 0 aliphatic heterocycles. The summed E-state index contributed by atoms with van der Waals surface area (Å²) in [6.45, 7) is 6.88. The Morgan fingerprint density at radius 3 is 0.733 bits per heavy atom. The van der Waals surface area contributed by atoms with Gasteiger partial charge >= 0.3 is 0 Å². The van der Waals surface area contributed by atoms with Gasteiger partial charge in [-0.15, -0.1) is 0 Å². The fourth-order valence-electron chi connectivity index (χ4n) is 7.13. The highest BCUT2D eigenvalue weighted by Gasteiger charge is 2.03. The number of hydrogen-bond donors (Lipinski definition) is 0. The van der Waals surface area contributed by atoms with E-state index in [2.05, 4.69) is 32.9 Å². The molecule has 0 aliphatic carbocycles. The Morgan fingerprint density at radius 1 is 0.311 bits per heavy atom. The van der Waals surface area contributed by atoms with Gasteiger partial charge in [-0.1, -0.05) is 219 Å². The summed E-state index contributed by atoms with van der Waals surface area (Å²) in [6, 6.07) is 4.68. The second kappa shape index (κ2) is 34.5. The normalized spacial score (nSPS) is 11.5. The molecule has 0 saturated carbocycles. The maximum absolute atomic E-state index is 5.06. The van der Waals surface area contributed by atoms with Crippen LogP contribution in [0.5, 0.6) is 0 Å². The Kier molecular flexibility index (Phi) is 32.3. The van der Waals surface area contributed by atoms with E-state index in [1.165, 1.54) is 248 Å². The van der Waals surface area contributed by atoms with Crippen molar-refractivity contribution in [2.45, 2.75) is 252 Å². The van der Waals surface area contributed by atoms with E-state index in [0.717, 1.165) is 0 Å². The van der Waals surface area contributed by atoms with E-state index in [1.54, 1.807) is 0 Å². The van der Waals surface area contributed by atoms with Crippen LogP contribution in [0, 0.1) is 6.92 Å². The maximum Gasteiger partial charge on any atom is 0.0409 e. The summed E-state index contributed by atoms with van der Waals surface area (Å²) >= 11 is 0. The molecule has 1 rings (SSSR count). The van der Waals surface area contributed by atoms with Gasteiger partial charge in [0.2, 0.25) is 0 Å². The molecule has 0 bridgehead atoms. The summed E-state index contributed by atoms with van der Waals surface area (Å²) in [5, 5.41) is 0. The minimum Gasteiger partial charge on any atom is -0.258 e. The van der Waals surface area contributed by atoms with Crippen molar-refractivity contribution in [3.05, 3.63) is 29.1 Å². The van der Waals surface area contributed by atoms with Crippen molar-refractivity contribution in [1.29, 1.82) is 0 Å². The van der Waals surface area contributed by atoms with Crippen molar-refractivity contribution in [3.63, 3.8) is 0 Å². The quantitative estimate of drug-likeness (QED) is 0.0676. The summed E-state index contributed by atoms with van der Waals surface area (Å²) in [7, 11) is 0. The van der Waals surface area contributed by atoms with Crippen LogP contribution in [-0.2, 0) is 12.8 Å². The zero-order valence-corrected chi connectivity index (χ0v) is 31.6. The Bertz CT molecular complexity index is 653. The fourth-order valence-corrected chi connectivity index (χ4v) is 7.13. The van der Waals surface area contributed by atoms with Gasteiger partial charge in [-0.2, -0.15) is 0 Å². The third-order valence-corrected chi connectivity index (χ3v) is 10.1. The van der Waals surface area contributed by atoms with Gasteiger partial charge in [0, 0.05) is 11.4 Å². The summed E-state index contributed by atoms with van der Waals surface area (Å²) in [4.78, 5) is 5.06. The smallest absolute Gasteiger partial charge is 0.0409 e. The molecule has 45 heavy (non-hydrogen) atoms. The lowest BCUT2D eigenvalue weighted by molar-refractivity contribution is 0.526. The van der Waals surface area contributed by atoms with E-state index in [4.69, 9.17) is 4.98 Å². The highest BCUT2D eigenvalue weighted by atomic mass is 14.7. The first-order chi connectivity index (χ1) is 22.3. The molecule has 1 heterocycles. The number of pyridine rings is 1. The molecule has 1 nitrogen and oxygen atoms in total. The second-order valence-electron chi connectivity index (χ2n) is 14.9. The zero-order valence-electron chi connectivity index (χ0n) is 31.6. The van der Waals surface area contributed by atoms with Gasteiger partial charge in [0.25, 0.3) is 0 Å². The van der Waals surface area contributed by atoms with Crippen molar-refractivity contribution in [2.24, 2.45) is 0 Å². The van der Waals surface area contributed by atoms with Gasteiger partial charge in [0.15, 0.2) is 0 Å². The summed E-state index contributed by atoms with van der Waals surface area (Å²) in [6.07, 6.45) is 51.3. The molecule has 264 valence electrons. The number of unbranched alkanes of at least 4 members (excludes halogenated alkanes) is 32. The van der Waals surface area contributed by atoms with Crippen molar-refractivity contribution >= 4 is 0 Å². The highest BCUT2D eigenvalue weighted by Crippen LogP contribution is 2.17. The van der Waals surface area contributed by atoms with Crippen LogP contribution >= 0.6 is 0 Å². The molecule has 0 unspecified atom stereocenters. The first-order valence-electron chi connectivity index (χ1n) is 21.2. The summed E-state index contributed by atoms with van der Waals surface area (Å²) in [5.41, 5.74) is 4.10. The van der Waals surface area contributed by atoms with Crippen LogP contribution in [0.2, 0.25) is 0 Å². The highest BCUT2D eigenvalue weighted by molar-refractivity contribution is 5.20. The zero-order chi connectivity index (χ0) is 32.3. The van der Waals surface area contributed by atoms with Crippen LogP contribution < -0.4 is 0 Å². The number of aromatic nitrogens is 1. The van der Waals surface area contributed by atoms with Crippen molar-refractivity contribution in [2.75, 3.05) is 0 Å². The van der Waals surface area contributed by atoms with E-state index < -0.39 is 0 Å². The third kappa shape index (κ3) is 30.2. The molecule has 0 fully saturated rings. The molecule has 1 heteroatoms. The fraction of sp³-hybridized carbons (Fsp3) is 0.886. The Balaban J connectivity index is 1.89. The predicted molar refractivity (Wildman–Crippen MR) is 205 cm³/mol. The molecule has 0 N–H and O–H groups in total. The molecule has 0 aliphatic rings. The molecular weight excluding hydrogens is 542 g/mol. The van der Waals surface area contributed by atoms with E-state index in [-0.39, 0.29) is 0 Å². The Labute approximate surface area is 285 Å². The summed E-state index contributed by atoms with van der Waals surface area (Å²) < 4.78 is 0. The average molecular weight is 626 g/mol. The monoisotopic (exact) mass is 626 g/mol. The Hall–Kier alpha value is -0.850. The van der Waals surface area contributed by atoms with Gasteiger partial charge in [0.1, 0.15) is 0 Å². The molecule has 0 amide bonds. The minimum absolute atomic E-state index is 1.17. The number of rotatable bonds is 36. The van der Waals surface area contributed by atoms with Gasteiger partial charge in [-0.25, -0.2) is 0 Å². The van der Waals surface area contributed by atoms with E-state index in [0.29, 0.717) is 0 Å². The van der Waals surface area contributed by atoms with Gasteiger partial charge in [0.05, 0.1) is 0 Å². The van der Waals surface area contributed by atoms with Crippen LogP contribution in [0.1, 0.15) is 249 Å². The van der Waals surface area contributed by atoms with Crippen molar-refractivity contribution in [1.82, 2.24) is 4.98 Å². The first-order valence-corrected chi connectivity index (χ1v) is 21.2. The van der Waals surface area contributed by atoms with E-state index >= 15 is 0 Å². The molecule has 0 radical (unpaired) electrons. The van der Waals surface area contributed by atoms with Gasteiger partial charge < -0.3 is 0 Å². The molecule has 0 saturated heterocycles. The van der Waals surface area contributed by atoms with Crippen molar-refractivity contribution in [3.8, 4) is 0 Å². The molecule has 0 aromatic carbocycles. The lowest BCUT2D eigenvalue weighted by Crippen LogP contribution is -1.98. The van der Waals surface area contributed by atoms with Gasteiger partial charge in [-0.3, -0.25) is 4.98 Å². The lowest BCUT2D eigenvalue weighted by atomic mass is 10.0. The van der Waals surface area contributed by atoms with Crippen molar-refractivity contribution < 1.29 is 0 Å². The lowest BCUT2D eigenvalue weighted by Gasteiger charge is -2.08. The summed E-state index contributed by atoms with van der Waals surface area (Å²) in [5.74, 6) is 0. The van der Waals surface area contributed by atoms with Crippen LogP contribution in [0.3, 0.4) is 0 Å². The van der Waals surface area contributed by atoms with Crippen LogP contribution in [0.15, 0.2) is 12.1 Å². The topological polar surface area (TPSA) is 12.9 Å². The second-order valence-corrected chi connectivity index (χ2v) is 14.9. The van der Waals surface area contributed by atoms with Crippen LogP contribution in [0.4, 0.5) is 0 Å². The molecule has 0 atom stereocenters. The van der Waals surface area contributed by atoms with E-state index in [9.17, 15) is 0 Å². The molecule has 0 spiro atoms. The van der Waals surface area contributed by atoms with Crippen LogP contribution in [-0.4, -0.2) is 4.98 Å². The van der Waals surface area contributed by atoms with E-state index in [1.807, 2.05) is 0 Å². The molecular formula is C44H83N. The number of nitrogens with zero attached hydrogens (tertiary/aromatic N) is 1. The number of aryl methyl sites for hydroxylation is 3. The largest absolute Gasteiger partial charge is 0.258 e. The predicted octanol–water partition coefficient (Wildman–Crippen LogP) is 15.8. The SMILES string of the molecule is CCCCCCCCCCCCCCCCCCCc1cc(C)cc(CCCCCCCCCCCCCCCCCCC)n1. The molecule has 1 aromatic heterocycles. The standard InChI is InChI=1S/C44H83N/c1-4-6-8-10-12-14-16-18-20-22-24-26-28-30-32-34-36-38-43-40-42(3)41-44(45-43)39-37-35-33-31-29-27-25-23-21-19-17-15-13-11-9-7-5-2/h40-41H,4-39H2,1-3H3.